The van der Waals surface area contributed by atoms with Gasteiger partial charge in [-0.05, 0) is 128 Å². The summed E-state index contributed by atoms with van der Waals surface area (Å²) in [5.74, 6) is 2.62. The fourth-order valence-corrected chi connectivity index (χ4v) is 16.7. The van der Waals surface area contributed by atoms with E-state index in [1.807, 2.05) is 0 Å². The van der Waals surface area contributed by atoms with Crippen LogP contribution in [-0.4, -0.2) is 8.07 Å². The molecule has 0 bridgehead atoms. The van der Waals surface area contributed by atoms with E-state index in [0.717, 1.165) is 11.1 Å². The summed E-state index contributed by atoms with van der Waals surface area (Å²) in [6.45, 7) is 34.7. The summed E-state index contributed by atoms with van der Waals surface area (Å²) in [5.41, 5.74) is 21.4. The summed E-state index contributed by atoms with van der Waals surface area (Å²) >= 11 is 0. The van der Waals surface area contributed by atoms with Gasteiger partial charge in [-0.15, -0.1) is 0 Å². The molecular formula is C34H52Si. The van der Waals surface area contributed by atoms with E-state index in [4.69, 9.17) is 0 Å². The number of hydrogen-bond donors (Lipinski definition) is 0. The Balaban J connectivity index is 1.95. The minimum absolute atomic E-state index is 0.628. The first-order valence-electron chi connectivity index (χ1n) is 14.3. The number of allylic oxidation sites excluding steroid dienone is 12. The third-order valence-corrected chi connectivity index (χ3v) is 18.2. The van der Waals surface area contributed by atoms with Gasteiger partial charge in [-0.2, -0.15) is 0 Å². The molecule has 0 aromatic carbocycles. The Kier molecular flexibility index (Phi) is 6.79. The molecule has 7 atom stereocenters. The van der Waals surface area contributed by atoms with Gasteiger partial charge < -0.3 is 0 Å². The van der Waals surface area contributed by atoms with E-state index >= 15 is 0 Å². The van der Waals surface area contributed by atoms with E-state index in [2.05, 4.69) is 96.6 Å². The molecule has 4 rings (SSSR count). The van der Waals surface area contributed by atoms with Gasteiger partial charge in [0.2, 0.25) is 0 Å². The summed E-state index contributed by atoms with van der Waals surface area (Å²) in [6.07, 6.45) is 1.31. The van der Waals surface area contributed by atoms with Crippen molar-refractivity contribution < 1.29 is 0 Å². The zero-order valence-corrected chi connectivity index (χ0v) is 26.4. The van der Waals surface area contributed by atoms with Crippen LogP contribution in [0.3, 0.4) is 0 Å². The average molecular weight is 489 g/mol. The Bertz CT molecular complexity index is 1070. The quantitative estimate of drug-likeness (QED) is 0.272. The van der Waals surface area contributed by atoms with Gasteiger partial charge >= 0.3 is 0 Å². The largest absolute Gasteiger partial charge is 0.0727 e. The molecule has 0 saturated carbocycles. The molecule has 5 unspecified atom stereocenters. The monoisotopic (exact) mass is 488 g/mol. The first kappa shape index (κ1) is 26.7. The molecule has 0 aromatic rings. The molecule has 4 aliphatic carbocycles. The Hall–Kier alpha value is -1.34. The van der Waals surface area contributed by atoms with Crippen molar-refractivity contribution >= 4 is 8.07 Å². The van der Waals surface area contributed by atoms with E-state index in [1.54, 1.807) is 66.9 Å². The maximum absolute atomic E-state index is 2.84. The molecule has 0 aliphatic heterocycles. The fraction of sp³-hybridized carbons (Fsp3) is 0.647. The van der Waals surface area contributed by atoms with E-state index in [0.29, 0.717) is 23.7 Å². The summed E-state index contributed by atoms with van der Waals surface area (Å²) in [5, 5.41) is 0. The van der Waals surface area contributed by atoms with Crippen LogP contribution in [0, 0.1) is 23.7 Å². The van der Waals surface area contributed by atoms with Gasteiger partial charge in [0.15, 0.2) is 0 Å². The van der Waals surface area contributed by atoms with Crippen molar-refractivity contribution in [3.8, 4) is 0 Å². The van der Waals surface area contributed by atoms with Gasteiger partial charge in [-0.25, -0.2) is 0 Å². The molecule has 0 radical (unpaired) electrons. The fourth-order valence-electron chi connectivity index (χ4n) is 9.63. The summed E-state index contributed by atoms with van der Waals surface area (Å²) in [6, 6.07) is 1.44. The van der Waals surface area contributed by atoms with Crippen molar-refractivity contribution in [2.24, 2.45) is 23.7 Å². The van der Waals surface area contributed by atoms with E-state index < -0.39 is 8.07 Å². The number of rotatable bonds is 4. The molecule has 4 aliphatic rings. The van der Waals surface area contributed by atoms with Crippen molar-refractivity contribution in [2.45, 2.75) is 120 Å². The minimum atomic E-state index is -1.78. The zero-order valence-electron chi connectivity index (χ0n) is 25.4. The second-order valence-corrected chi connectivity index (χ2v) is 17.9. The van der Waals surface area contributed by atoms with Gasteiger partial charge in [0, 0.05) is 11.8 Å². The SMILES string of the molecule is CCC[Si](C)([C@@H]1C(C)=C(C)C2C(C)=C(C)C(C)=C(C)C21)[C@H]1C(C)=C(C)C2C(C)=C(C)C(C)=C(C)C21. The van der Waals surface area contributed by atoms with Crippen LogP contribution in [0.1, 0.15) is 96.4 Å². The normalized spacial score (nSPS) is 35.5. The molecular weight excluding hydrogens is 436 g/mol. The number of fused-ring (bicyclic) bond motifs is 2. The molecule has 0 fully saturated rings. The predicted molar refractivity (Wildman–Crippen MR) is 158 cm³/mol. The summed E-state index contributed by atoms with van der Waals surface area (Å²) in [7, 11) is -1.78. The molecule has 0 amide bonds. The summed E-state index contributed by atoms with van der Waals surface area (Å²) in [4.78, 5) is 0. The highest BCUT2D eigenvalue weighted by molar-refractivity contribution is 6.83. The van der Waals surface area contributed by atoms with Crippen LogP contribution in [0.5, 0.6) is 0 Å². The third-order valence-electron chi connectivity index (χ3n) is 12.2. The van der Waals surface area contributed by atoms with Gasteiger partial charge in [0.1, 0.15) is 0 Å². The molecule has 35 heavy (non-hydrogen) atoms. The van der Waals surface area contributed by atoms with Crippen LogP contribution in [0.4, 0.5) is 0 Å². The molecule has 192 valence electrons. The van der Waals surface area contributed by atoms with Gasteiger partial charge in [0.05, 0.1) is 8.07 Å². The van der Waals surface area contributed by atoms with Crippen LogP contribution in [0.15, 0.2) is 66.9 Å². The Labute approximate surface area is 218 Å². The smallest absolute Gasteiger partial charge is 0.0664 e. The van der Waals surface area contributed by atoms with E-state index in [9.17, 15) is 0 Å². The highest BCUT2D eigenvalue weighted by Crippen LogP contribution is 2.67. The maximum atomic E-state index is 2.84. The molecule has 0 N–H and O–H groups in total. The molecule has 0 heterocycles. The van der Waals surface area contributed by atoms with Gasteiger partial charge in [0.25, 0.3) is 0 Å². The van der Waals surface area contributed by atoms with Crippen molar-refractivity contribution in [1.29, 1.82) is 0 Å². The second kappa shape index (κ2) is 8.90. The lowest BCUT2D eigenvalue weighted by Crippen LogP contribution is -2.48. The van der Waals surface area contributed by atoms with E-state index in [1.165, 1.54) is 12.5 Å². The van der Waals surface area contributed by atoms with Gasteiger partial charge in [-0.3, -0.25) is 0 Å². The molecule has 0 aromatic heterocycles. The zero-order chi connectivity index (χ0) is 26.3. The lowest BCUT2D eigenvalue weighted by molar-refractivity contribution is 0.468. The van der Waals surface area contributed by atoms with Crippen LogP contribution in [0.2, 0.25) is 23.7 Å². The lowest BCUT2D eigenvalue weighted by Gasteiger charge is -2.50. The van der Waals surface area contributed by atoms with Crippen LogP contribution >= 0.6 is 0 Å². The van der Waals surface area contributed by atoms with Gasteiger partial charge in [-0.1, -0.05) is 70.5 Å². The summed E-state index contributed by atoms with van der Waals surface area (Å²) < 4.78 is 0. The van der Waals surface area contributed by atoms with Crippen molar-refractivity contribution in [3.63, 3.8) is 0 Å². The third kappa shape index (κ3) is 3.43. The van der Waals surface area contributed by atoms with Crippen molar-refractivity contribution in [2.75, 3.05) is 0 Å². The minimum Gasteiger partial charge on any atom is -0.0727 e. The Morgan fingerprint density at radius 3 is 1.09 bits per heavy atom. The van der Waals surface area contributed by atoms with Crippen LogP contribution < -0.4 is 0 Å². The molecule has 0 spiro atoms. The molecule has 1 heteroatoms. The van der Waals surface area contributed by atoms with Crippen molar-refractivity contribution in [3.05, 3.63) is 66.9 Å². The van der Waals surface area contributed by atoms with Crippen LogP contribution in [-0.2, 0) is 0 Å². The van der Waals surface area contributed by atoms with Crippen molar-refractivity contribution in [1.82, 2.24) is 0 Å². The van der Waals surface area contributed by atoms with E-state index in [-0.39, 0.29) is 0 Å². The predicted octanol–water partition coefficient (Wildman–Crippen LogP) is 10.8. The maximum Gasteiger partial charge on any atom is 0.0664 e. The Morgan fingerprint density at radius 1 is 0.457 bits per heavy atom. The first-order valence-corrected chi connectivity index (χ1v) is 17.1. The number of hydrogen-bond acceptors (Lipinski definition) is 0. The second-order valence-electron chi connectivity index (χ2n) is 13.2. The topological polar surface area (TPSA) is 0 Å². The highest BCUT2D eigenvalue weighted by Gasteiger charge is 2.59. The molecule has 0 saturated heterocycles. The Morgan fingerprint density at radius 2 is 0.771 bits per heavy atom. The van der Waals surface area contributed by atoms with Crippen LogP contribution in [0.25, 0.3) is 0 Å². The lowest BCUT2D eigenvalue weighted by atomic mass is 9.72. The highest BCUT2D eigenvalue weighted by atomic mass is 28.3. The molecule has 0 nitrogen and oxygen atoms in total. The average Bonchev–Trinajstić information content (AvgIpc) is 3.24. The standard InChI is InChI=1S/C34H52Si/c1-15-16-35(14,33-27(12)25(10)29-21(6)17(2)19(4)23(8)31(29)33)34-28(13)26(11)30-22(7)18(3)20(5)24(9)32(30)34/h29-34H,15-16H2,1-14H3/t29?,30?,31?,32?,33-,34+,35?. The first-order chi connectivity index (χ1) is 16.2.